The van der Waals surface area contributed by atoms with E-state index in [1.807, 2.05) is 6.92 Å². The third-order valence-electron chi connectivity index (χ3n) is 3.28. The molecule has 0 heterocycles. The zero-order chi connectivity index (χ0) is 10.4. The van der Waals surface area contributed by atoms with Crippen LogP contribution in [0.3, 0.4) is 0 Å². The fourth-order valence-corrected chi connectivity index (χ4v) is 2.39. The average Bonchev–Trinajstić information content (AvgIpc) is 2.65. The summed E-state index contributed by atoms with van der Waals surface area (Å²) in [7, 11) is 2.19. The SMILES string of the molecule is CCOCCN(C)C1CCCC1CN. The molecule has 2 atom stereocenters. The van der Waals surface area contributed by atoms with Gasteiger partial charge < -0.3 is 15.4 Å². The normalized spacial score (nSPS) is 27.4. The van der Waals surface area contributed by atoms with E-state index in [4.69, 9.17) is 10.5 Å². The van der Waals surface area contributed by atoms with Crippen molar-refractivity contribution in [1.29, 1.82) is 0 Å². The van der Waals surface area contributed by atoms with Crippen LogP contribution in [-0.4, -0.2) is 44.3 Å². The molecule has 3 nitrogen and oxygen atoms in total. The fraction of sp³-hybridized carbons (Fsp3) is 1.00. The van der Waals surface area contributed by atoms with E-state index in [0.717, 1.165) is 26.3 Å². The zero-order valence-corrected chi connectivity index (χ0v) is 9.54. The van der Waals surface area contributed by atoms with Crippen LogP contribution >= 0.6 is 0 Å². The lowest BCUT2D eigenvalue weighted by atomic mass is 10.0. The van der Waals surface area contributed by atoms with Crippen LogP contribution in [0.2, 0.25) is 0 Å². The minimum Gasteiger partial charge on any atom is -0.380 e. The number of nitrogens with zero attached hydrogens (tertiary/aromatic N) is 1. The van der Waals surface area contributed by atoms with Crippen LogP contribution in [0, 0.1) is 5.92 Å². The first-order valence-electron chi connectivity index (χ1n) is 5.77. The summed E-state index contributed by atoms with van der Waals surface area (Å²) in [5, 5.41) is 0. The Kier molecular flexibility index (Phi) is 5.45. The predicted octanol–water partition coefficient (Wildman–Crippen LogP) is 1.08. The van der Waals surface area contributed by atoms with Crippen LogP contribution in [-0.2, 0) is 4.74 Å². The summed E-state index contributed by atoms with van der Waals surface area (Å²) in [5.41, 5.74) is 5.76. The second kappa shape index (κ2) is 6.38. The van der Waals surface area contributed by atoms with Crippen LogP contribution in [0.25, 0.3) is 0 Å². The lowest BCUT2D eigenvalue weighted by Gasteiger charge is -2.28. The van der Waals surface area contributed by atoms with Crippen molar-refractivity contribution in [2.24, 2.45) is 11.7 Å². The smallest absolute Gasteiger partial charge is 0.0593 e. The maximum atomic E-state index is 5.76. The van der Waals surface area contributed by atoms with Gasteiger partial charge in [-0.15, -0.1) is 0 Å². The number of nitrogens with two attached hydrogens (primary N) is 1. The minimum absolute atomic E-state index is 0.695. The molecule has 14 heavy (non-hydrogen) atoms. The Morgan fingerprint density at radius 1 is 1.43 bits per heavy atom. The summed E-state index contributed by atoms with van der Waals surface area (Å²) in [6.07, 6.45) is 3.95. The summed E-state index contributed by atoms with van der Waals surface area (Å²) < 4.78 is 5.36. The van der Waals surface area contributed by atoms with Crippen molar-refractivity contribution in [2.75, 3.05) is 33.4 Å². The highest BCUT2D eigenvalue weighted by Gasteiger charge is 2.28. The van der Waals surface area contributed by atoms with Gasteiger partial charge in [0.1, 0.15) is 0 Å². The fourth-order valence-electron chi connectivity index (χ4n) is 2.39. The van der Waals surface area contributed by atoms with Gasteiger partial charge in [-0.05, 0) is 39.3 Å². The van der Waals surface area contributed by atoms with Gasteiger partial charge in [-0.2, -0.15) is 0 Å². The molecule has 0 bridgehead atoms. The second-order valence-corrected chi connectivity index (χ2v) is 4.17. The molecule has 0 radical (unpaired) electrons. The Hall–Kier alpha value is -0.120. The van der Waals surface area contributed by atoms with Gasteiger partial charge in [0, 0.05) is 19.2 Å². The first-order valence-corrected chi connectivity index (χ1v) is 5.77. The number of rotatable bonds is 6. The Morgan fingerprint density at radius 3 is 2.86 bits per heavy atom. The lowest BCUT2D eigenvalue weighted by Crippen LogP contribution is -2.39. The zero-order valence-electron chi connectivity index (χ0n) is 9.54. The van der Waals surface area contributed by atoms with Gasteiger partial charge in [-0.3, -0.25) is 0 Å². The van der Waals surface area contributed by atoms with E-state index in [2.05, 4.69) is 11.9 Å². The molecule has 84 valence electrons. The number of hydrogen-bond donors (Lipinski definition) is 1. The largest absolute Gasteiger partial charge is 0.380 e. The molecule has 0 aliphatic heterocycles. The van der Waals surface area contributed by atoms with Crippen molar-refractivity contribution in [3.05, 3.63) is 0 Å². The highest BCUT2D eigenvalue weighted by molar-refractivity contribution is 4.84. The van der Waals surface area contributed by atoms with Gasteiger partial charge in [0.05, 0.1) is 6.61 Å². The van der Waals surface area contributed by atoms with Crippen LogP contribution in [0.1, 0.15) is 26.2 Å². The Balaban J connectivity index is 2.24. The van der Waals surface area contributed by atoms with E-state index in [9.17, 15) is 0 Å². The van der Waals surface area contributed by atoms with Crippen LogP contribution < -0.4 is 5.73 Å². The van der Waals surface area contributed by atoms with E-state index >= 15 is 0 Å². The first-order chi connectivity index (χ1) is 6.79. The number of ether oxygens (including phenoxy) is 1. The van der Waals surface area contributed by atoms with Crippen molar-refractivity contribution >= 4 is 0 Å². The van der Waals surface area contributed by atoms with Crippen molar-refractivity contribution in [3.8, 4) is 0 Å². The van der Waals surface area contributed by atoms with E-state index in [1.54, 1.807) is 0 Å². The van der Waals surface area contributed by atoms with E-state index in [1.165, 1.54) is 19.3 Å². The number of hydrogen-bond acceptors (Lipinski definition) is 3. The molecule has 0 saturated heterocycles. The summed E-state index contributed by atoms with van der Waals surface area (Å²) in [5.74, 6) is 0.710. The molecule has 0 aromatic heterocycles. The molecular weight excluding hydrogens is 176 g/mol. The van der Waals surface area contributed by atoms with E-state index in [0.29, 0.717) is 12.0 Å². The number of likely N-dealkylation sites (N-methyl/N-ethyl adjacent to an activating group) is 1. The first kappa shape index (κ1) is 12.0. The summed E-state index contributed by atoms with van der Waals surface area (Å²) in [6, 6.07) is 0.695. The molecule has 2 unspecified atom stereocenters. The molecular formula is C11H24N2O. The van der Waals surface area contributed by atoms with Crippen molar-refractivity contribution < 1.29 is 4.74 Å². The van der Waals surface area contributed by atoms with E-state index < -0.39 is 0 Å². The molecule has 1 rings (SSSR count). The Morgan fingerprint density at radius 2 is 2.21 bits per heavy atom. The predicted molar refractivity (Wildman–Crippen MR) is 59.3 cm³/mol. The Labute approximate surface area is 87.6 Å². The van der Waals surface area contributed by atoms with Gasteiger partial charge in [0.25, 0.3) is 0 Å². The lowest BCUT2D eigenvalue weighted by molar-refractivity contribution is 0.0987. The van der Waals surface area contributed by atoms with Crippen LogP contribution in [0.4, 0.5) is 0 Å². The molecule has 3 heteroatoms. The van der Waals surface area contributed by atoms with Gasteiger partial charge in [-0.1, -0.05) is 6.42 Å². The highest BCUT2D eigenvalue weighted by Crippen LogP contribution is 2.28. The average molecular weight is 200 g/mol. The molecule has 0 aromatic rings. The minimum atomic E-state index is 0.695. The van der Waals surface area contributed by atoms with Crippen molar-refractivity contribution in [2.45, 2.75) is 32.2 Å². The van der Waals surface area contributed by atoms with Crippen molar-refractivity contribution in [1.82, 2.24) is 4.90 Å². The maximum Gasteiger partial charge on any atom is 0.0593 e. The van der Waals surface area contributed by atoms with Gasteiger partial charge in [0.15, 0.2) is 0 Å². The van der Waals surface area contributed by atoms with Gasteiger partial charge in [0.2, 0.25) is 0 Å². The highest BCUT2D eigenvalue weighted by atomic mass is 16.5. The molecule has 1 aliphatic rings. The van der Waals surface area contributed by atoms with Crippen LogP contribution in [0.5, 0.6) is 0 Å². The maximum absolute atomic E-state index is 5.76. The molecule has 0 aromatic carbocycles. The molecule has 0 amide bonds. The summed E-state index contributed by atoms with van der Waals surface area (Å²) in [4.78, 5) is 2.42. The summed E-state index contributed by atoms with van der Waals surface area (Å²) >= 11 is 0. The molecule has 1 fully saturated rings. The quantitative estimate of drug-likeness (QED) is 0.652. The molecule has 1 aliphatic carbocycles. The van der Waals surface area contributed by atoms with Crippen LogP contribution in [0.15, 0.2) is 0 Å². The summed E-state index contributed by atoms with van der Waals surface area (Å²) in [6.45, 7) is 5.58. The molecule has 0 spiro atoms. The third-order valence-corrected chi connectivity index (χ3v) is 3.28. The van der Waals surface area contributed by atoms with Gasteiger partial charge in [-0.25, -0.2) is 0 Å². The second-order valence-electron chi connectivity index (χ2n) is 4.17. The molecule has 1 saturated carbocycles. The van der Waals surface area contributed by atoms with E-state index in [-0.39, 0.29) is 0 Å². The topological polar surface area (TPSA) is 38.5 Å². The molecule has 2 N–H and O–H groups in total. The van der Waals surface area contributed by atoms with Crippen molar-refractivity contribution in [3.63, 3.8) is 0 Å². The third kappa shape index (κ3) is 3.23. The Bertz CT molecular complexity index is 152. The monoisotopic (exact) mass is 200 g/mol. The van der Waals surface area contributed by atoms with Gasteiger partial charge >= 0.3 is 0 Å². The standard InChI is InChI=1S/C11H24N2O/c1-3-14-8-7-13(2)11-6-4-5-10(11)9-12/h10-11H,3-9,12H2,1-2H3.